The van der Waals surface area contributed by atoms with Crippen molar-refractivity contribution in [1.82, 2.24) is 10.4 Å². The Hall–Kier alpha value is -0.890. The lowest BCUT2D eigenvalue weighted by atomic mass is 10.2. The Bertz CT molecular complexity index is 1030. The van der Waals surface area contributed by atoms with Gasteiger partial charge in [-0.05, 0) is 107 Å². The molecule has 0 spiro atoms. The average molecular weight is 671 g/mol. The molecule has 1 N–H and O–H groups in total. The average Bonchev–Trinajstić information content (AvgIpc) is 2.92. The molecule has 5 nitrogen and oxygen atoms in total. The first-order valence-electron chi connectivity index (χ1n) is 8.26. The van der Waals surface area contributed by atoms with E-state index in [1.807, 2.05) is 19.1 Å². The summed E-state index contributed by atoms with van der Waals surface area (Å²) >= 11 is 16.7. The quantitative estimate of drug-likeness (QED) is 0.259. The van der Waals surface area contributed by atoms with Crippen molar-refractivity contribution in [3.8, 4) is 5.75 Å². The first-order valence-corrected chi connectivity index (χ1v) is 12.0. The number of nitrogens with zero attached hydrogens (tertiary/aromatic N) is 1. The van der Waals surface area contributed by atoms with Gasteiger partial charge in [0.25, 0.3) is 11.8 Å². The molecule has 29 heavy (non-hydrogen) atoms. The second kappa shape index (κ2) is 9.94. The molecule has 0 aromatic heterocycles. The van der Waals surface area contributed by atoms with E-state index >= 15 is 0 Å². The SMILES string of the molecule is CCOc1c(I)cc(I)cc1/C=C1/SC(=S)N(NC(=O)c2ccc(Cl)cc2)C1=O. The van der Waals surface area contributed by atoms with Crippen molar-refractivity contribution >= 4 is 103 Å². The number of nitrogens with one attached hydrogen (secondary N) is 1. The Balaban J connectivity index is 1.85. The molecular formula is C19H13ClI2N2O3S2. The van der Waals surface area contributed by atoms with E-state index in [-0.39, 0.29) is 4.32 Å². The smallest absolute Gasteiger partial charge is 0.285 e. The Morgan fingerprint density at radius 3 is 2.66 bits per heavy atom. The zero-order chi connectivity index (χ0) is 21.1. The molecule has 3 rings (SSSR count). The predicted molar refractivity (Wildman–Crippen MR) is 137 cm³/mol. The van der Waals surface area contributed by atoms with Crippen LogP contribution in [0.5, 0.6) is 5.75 Å². The molecular weight excluding hydrogens is 658 g/mol. The van der Waals surface area contributed by atoms with Crippen LogP contribution in [0, 0.1) is 7.14 Å². The molecule has 0 saturated carbocycles. The van der Waals surface area contributed by atoms with E-state index in [4.69, 9.17) is 28.6 Å². The number of hydrazine groups is 1. The van der Waals surface area contributed by atoms with Gasteiger partial charge >= 0.3 is 0 Å². The molecule has 1 aliphatic heterocycles. The van der Waals surface area contributed by atoms with Gasteiger partial charge in [0.2, 0.25) is 0 Å². The molecule has 1 aliphatic rings. The van der Waals surface area contributed by atoms with E-state index in [2.05, 4.69) is 50.6 Å². The normalized spacial score (nSPS) is 15.2. The van der Waals surface area contributed by atoms with Gasteiger partial charge in [0, 0.05) is 19.7 Å². The van der Waals surface area contributed by atoms with Gasteiger partial charge in [-0.1, -0.05) is 23.4 Å². The van der Waals surface area contributed by atoms with Crippen molar-refractivity contribution in [1.29, 1.82) is 0 Å². The molecule has 0 radical (unpaired) electrons. The van der Waals surface area contributed by atoms with Crippen LogP contribution in [-0.4, -0.2) is 27.8 Å². The van der Waals surface area contributed by atoms with Gasteiger partial charge in [-0.2, -0.15) is 5.01 Å². The summed E-state index contributed by atoms with van der Waals surface area (Å²) in [6, 6.07) is 10.3. The number of benzene rings is 2. The van der Waals surface area contributed by atoms with Crippen molar-refractivity contribution in [3.63, 3.8) is 0 Å². The lowest BCUT2D eigenvalue weighted by Crippen LogP contribution is -2.44. The number of ether oxygens (including phenoxy) is 1. The Labute approximate surface area is 209 Å². The Morgan fingerprint density at radius 2 is 2.00 bits per heavy atom. The number of halogens is 3. The molecule has 2 aromatic carbocycles. The fraction of sp³-hybridized carbons (Fsp3) is 0.105. The summed E-state index contributed by atoms with van der Waals surface area (Å²) in [5.41, 5.74) is 3.72. The van der Waals surface area contributed by atoms with E-state index in [1.165, 1.54) is 0 Å². The van der Waals surface area contributed by atoms with Gasteiger partial charge in [0.15, 0.2) is 4.32 Å². The highest BCUT2D eigenvalue weighted by Crippen LogP contribution is 2.36. The van der Waals surface area contributed by atoms with Crippen molar-refractivity contribution in [2.75, 3.05) is 6.61 Å². The second-order valence-electron chi connectivity index (χ2n) is 5.70. The van der Waals surface area contributed by atoms with Crippen molar-refractivity contribution < 1.29 is 14.3 Å². The third kappa shape index (κ3) is 5.43. The van der Waals surface area contributed by atoms with Crippen LogP contribution >= 0.6 is 80.8 Å². The lowest BCUT2D eigenvalue weighted by molar-refractivity contribution is -0.123. The Morgan fingerprint density at radius 1 is 1.31 bits per heavy atom. The summed E-state index contributed by atoms with van der Waals surface area (Å²) in [5, 5.41) is 1.61. The number of carbonyl (C=O) groups excluding carboxylic acids is 2. The van der Waals surface area contributed by atoms with Crippen LogP contribution < -0.4 is 10.2 Å². The summed E-state index contributed by atoms with van der Waals surface area (Å²) in [6.07, 6.45) is 1.74. The van der Waals surface area contributed by atoms with Crippen LogP contribution in [0.15, 0.2) is 41.3 Å². The fourth-order valence-electron chi connectivity index (χ4n) is 2.46. The summed E-state index contributed by atoms with van der Waals surface area (Å²) in [5.74, 6) is -0.124. The number of carbonyl (C=O) groups is 2. The minimum absolute atomic E-state index is 0.252. The molecule has 1 saturated heterocycles. The molecule has 0 unspecified atom stereocenters. The first-order chi connectivity index (χ1) is 13.8. The standard InChI is InChI=1S/C19H13ClI2N2O3S2/c1-2-27-16-11(7-13(21)9-14(16)22)8-15-18(26)24(19(28)29-15)23-17(25)10-3-5-12(20)6-4-10/h3-9H,2H2,1H3,(H,23,25)/b15-8+. The molecule has 2 aromatic rings. The summed E-state index contributed by atoms with van der Waals surface area (Å²) in [4.78, 5) is 25.7. The van der Waals surface area contributed by atoms with E-state index in [9.17, 15) is 9.59 Å². The molecule has 1 fully saturated rings. The zero-order valence-corrected chi connectivity index (χ0v) is 21.6. The molecule has 1 heterocycles. The van der Waals surface area contributed by atoms with Crippen LogP contribution in [0.3, 0.4) is 0 Å². The largest absolute Gasteiger partial charge is 0.492 e. The third-order valence-corrected chi connectivity index (χ3v) is 6.70. The van der Waals surface area contributed by atoms with E-state index < -0.39 is 11.8 Å². The van der Waals surface area contributed by atoms with Gasteiger partial charge in [-0.3, -0.25) is 15.0 Å². The molecule has 0 bridgehead atoms. The maximum atomic E-state index is 12.8. The number of thioether (sulfide) groups is 1. The van der Waals surface area contributed by atoms with Gasteiger partial charge < -0.3 is 4.74 Å². The van der Waals surface area contributed by atoms with Gasteiger partial charge in [0.05, 0.1) is 15.1 Å². The second-order valence-corrected chi connectivity index (χ2v) is 10.2. The molecule has 2 amide bonds. The minimum atomic E-state index is -0.446. The summed E-state index contributed by atoms with van der Waals surface area (Å²) in [7, 11) is 0. The van der Waals surface area contributed by atoms with Crippen molar-refractivity contribution in [2.24, 2.45) is 0 Å². The van der Waals surface area contributed by atoms with E-state index in [0.29, 0.717) is 27.8 Å². The fourth-order valence-corrected chi connectivity index (χ4v) is 5.80. The van der Waals surface area contributed by atoms with E-state index in [1.54, 1.807) is 30.3 Å². The highest BCUT2D eigenvalue weighted by Gasteiger charge is 2.34. The van der Waals surface area contributed by atoms with Crippen molar-refractivity contribution in [2.45, 2.75) is 6.92 Å². The highest BCUT2D eigenvalue weighted by atomic mass is 127. The van der Waals surface area contributed by atoms with Crippen LogP contribution in [0.4, 0.5) is 0 Å². The predicted octanol–water partition coefficient (Wildman–Crippen LogP) is 5.49. The zero-order valence-electron chi connectivity index (χ0n) is 14.9. The highest BCUT2D eigenvalue weighted by molar-refractivity contribution is 14.1. The Kier molecular flexibility index (Phi) is 7.81. The lowest BCUT2D eigenvalue weighted by Gasteiger charge is -2.15. The molecule has 150 valence electrons. The molecule has 10 heteroatoms. The van der Waals surface area contributed by atoms with Crippen LogP contribution in [0.1, 0.15) is 22.8 Å². The summed E-state index contributed by atoms with van der Waals surface area (Å²) < 4.78 is 7.98. The first kappa shape index (κ1) is 22.8. The topological polar surface area (TPSA) is 58.6 Å². The minimum Gasteiger partial charge on any atom is -0.492 e. The maximum absolute atomic E-state index is 12.8. The van der Waals surface area contributed by atoms with Crippen molar-refractivity contribution in [3.05, 3.63) is 64.6 Å². The molecule has 0 aliphatic carbocycles. The number of thiocarbonyl (C=S) groups is 1. The third-order valence-electron chi connectivity index (χ3n) is 3.73. The molecule has 0 atom stereocenters. The maximum Gasteiger partial charge on any atom is 0.285 e. The number of rotatable bonds is 5. The number of hydrogen-bond donors (Lipinski definition) is 1. The van der Waals surface area contributed by atoms with Gasteiger partial charge in [-0.25, -0.2) is 0 Å². The van der Waals surface area contributed by atoms with Gasteiger partial charge in [-0.15, -0.1) is 0 Å². The van der Waals surface area contributed by atoms with Crippen LogP contribution in [-0.2, 0) is 4.79 Å². The summed E-state index contributed by atoms with van der Waals surface area (Å²) in [6.45, 7) is 2.42. The number of hydrogen-bond acceptors (Lipinski definition) is 5. The van der Waals surface area contributed by atoms with Gasteiger partial charge in [0.1, 0.15) is 5.75 Å². The number of amides is 2. The van der Waals surface area contributed by atoms with Crippen LogP contribution in [0.2, 0.25) is 5.02 Å². The van der Waals surface area contributed by atoms with Crippen LogP contribution in [0.25, 0.3) is 6.08 Å². The monoisotopic (exact) mass is 670 g/mol. The van der Waals surface area contributed by atoms with E-state index in [0.717, 1.165) is 29.5 Å².